The molecular formula is C28H37N2OP. The Morgan fingerprint density at radius 3 is 1.97 bits per heavy atom. The van der Waals surface area contributed by atoms with Crippen molar-refractivity contribution in [3.63, 3.8) is 0 Å². The maximum Gasteiger partial charge on any atom is 0.146 e. The number of fused-ring (bicyclic) bond motifs is 8. The molecule has 2 aromatic heterocycles. The summed E-state index contributed by atoms with van der Waals surface area (Å²) < 4.78 is 14.5. The maximum absolute atomic E-state index is 12.3. The number of para-hydroxylation sites is 3. The van der Waals surface area contributed by atoms with Gasteiger partial charge in [0.15, 0.2) is 0 Å². The van der Waals surface area contributed by atoms with Gasteiger partial charge in [-0.1, -0.05) is 84.0 Å². The van der Waals surface area contributed by atoms with E-state index < -0.39 is 7.14 Å². The summed E-state index contributed by atoms with van der Waals surface area (Å²) in [4.78, 5) is 4.91. The highest BCUT2D eigenvalue weighted by atomic mass is 31.2. The van der Waals surface area contributed by atoms with Crippen molar-refractivity contribution in [2.75, 3.05) is 13.3 Å². The summed E-state index contributed by atoms with van der Waals surface area (Å²) in [6.07, 6.45) is 0.624. The normalized spacial score (nSPS) is 10.8. The number of hydrogen-bond donors (Lipinski definition) is 0. The Kier molecular flexibility index (Phi) is 9.04. The smallest absolute Gasteiger partial charge is 0.146 e. The van der Waals surface area contributed by atoms with Crippen molar-refractivity contribution in [3.8, 4) is 0 Å². The van der Waals surface area contributed by atoms with Crippen molar-refractivity contribution in [1.82, 2.24) is 9.38 Å². The van der Waals surface area contributed by atoms with Crippen LogP contribution in [0.4, 0.5) is 0 Å². The third kappa shape index (κ3) is 5.05. The molecule has 0 bridgehead atoms. The highest BCUT2D eigenvalue weighted by Gasteiger charge is 2.15. The molecule has 0 N–H and O–H groups in total. The number of pyridine rings is 1. The monoisotopic (exact) mass is 448 g/mol. The lowest BCUT2D eigenvalue weighted by Gasteiger charge is -2.12. The third-order valence-electron chi connectivity index (χ3n) is 4.88. The standard InChI is InChI=1S/C22H19N2OP.3C2H6/c1-26(2,25)14-15-11-12-17-18(13-15)16-7-3-5-9-20(16)24-21-10-6-4-8-19(21)23-22(17)24;3*1-2/h3-13H,14H2,1-2H3;3*1-2H3. The van der Waals surface area contributed by atoms with Crippen LogP contribution in [0.15, 0.2) is 66.7 Å². The first-order chi connectivity index (χ1) is 15.5. The first-order valence-electron chi connectivity index (χ1n) is 11.8. The lowest BCUT2D eigenvalue weighted by molar-refractivity contribution is 0.582. The van der Waals surface area contributed by atoms with E-state index in [-0.39, 0.29) is 0 Å². The van der Waals surface area contributed by atoms with Crippen LogP contribution in [0.5, 0.6) is 0 Å². The largest absolute Gasteiger partial charge is 0.324 e. The number of aromatic nitrogens is 2. The Hall–Kier alpha value is -2.64. The molecule has 2 heterocycles. The molecule has 3 nitrogen and oxygen atoms in total. The number of hydrogen-bond acceptors (Lipinski definition) is 2. The Labute approximate surface area is 192 Å². The molecule has 0 atom stereocenters. The van der Waals surface area contributed by atoms with Gasteiger partial charge in [0.1, 0.15) is 5.65 Å². The molecule has 0 radical (unpaired) electrons. The van der Waals surface area contributed by atoms with Crippen molar-refractivity contribution < 1.29 is 4.57 Å². The lowest BCUT2D eigenvalue weighted by atomic mass is 10.0. The van der Waals surface area contributed by atoms with Gasteiger partial charge in [0.05, 0.1) is 23.7 Å². The Morgan fingerprint density at radius 2 is 1.31 bits per heavy atom. The second-order valence-electron chi connectivity index (χ2n) is 7.39. The van der Waals surface area contributed by atoms with Gasteiger partial charge in [-0.15, -0.1) is 0 Å². The van der Waals surface area contributed by atoms with Crippen LogP contribution < -0.4 is 0 Å². The highest BCUT2D eigenvalue weighted by molar-refractivity contribution is 7.61. The van der Waals surface area contributed by atoms with E-state index in [1.54, 1.807) is 0 Å². The van der Waals surface area contributed by atoms with Gasteiger partial charge in [0.25, 0.3) is 0 Å². The molecule has 0 saturated heterocycles. The van der Waals surface area contributed by atoms with Crippen LogP contribution in [0.1, 0.15) is 47.1 Å². The number of rotatable bonds is 2. The van der Waals surface area contributed by atoms with Crippen LogP contribution in [0, 0.1) is 0 Å². The quantitative estimate of drug-likeness (QED) is 0.199. The zero-order valence-corrected chi connectivity index (χ0v) is 21.7. The predicted molar refractivity (Wildman–Crippen MR) is 145 cm³/mol. The van der Waals surface area contributed by atoms with Crippen molar-refractivity contribution in [2.45, 2.75) is 47.7 Å². The summed E-state index contributed by atoms with van der Waals surface area (Å²) in [5, 5.41) is 3.50. The van der Waals surface area contributed by atoms with Gasteiger partial charge in [0, 0.05) is 16.9 Å². The molecule has 5 rings (SSSR count). The molecule has 0 amide bonds. The minimum absolute atomic E-state index is 0.624. The summed E-state index contributed by atoms with van der Waals surface area (Å²) in [5.74, 6) is 0. The van der Waals surface area contributed by atoms with Crippen LogP contribution in [-0.4, -0.2) is 22.7 Å². The molecule has 32 heavy (non-hydrogen) atoms. The van der Waals surface area contributed by atoms with Gasteiger partial charge < -0.3 is 4.57 Å². The number of nitrogens with zero attached hydrogens (tertiary/aromatic N) is 2. The van der Waals surface area contributed by atoms with Crippen LogP contribution in [0.25, 0.3) is 38.4 Å². The lowest BCUT2D eigenvalue weighted by Crippen LogP contribution is -1.93. The zero-order chi connectivity index (χ0) is 23.9. The number of benzene rings is 3. The minimum atomic E-state index is -2.12. The summed E-state index contributed by atoms with van der Waals surface area (Å²) in [6.45, 7) is 15.7. The summed E-state index contributed by atoms with van der Waals surface area (Å²) >= 11 is 0. The fraction of sp³-hybridized carbons (Fsp3) is 0.321. The SMILES string of the molecule is CC.CC.CC.CP(C)(=O)Cc1ccc2c(c1)c1ccccc1n1c3ccccc3nc21. The molecule has 4 heteroatoms. The van der Waals surface area contributed by atoms with Crippen LogP contribution in [0.3, 0.4) is 0 Å². The molecule has 0 aliphatic carbocycles. The van der Waals surface area contributed by atoms with E-state index in [1.807, 2.05) is 60.9 Å². The van der Waals surface area contributed by atoms with E-state index in [0.717, 1.165) is 33.1 Å². The summed E-state index contributed by atoms with van der Waals surface area (Å²) in [6, 6.07) is 23.1. The van der Waals surface area contributed by atoms with Gasteiger partial charge in [-0.2, -0.15) is 0 Å². The molecule has 0 saturated carbocycles. The molecule has 3 aromatic carbocycles. The minimum Gasteiger partial charge on any atom is -0.324 e. The maximum atomic E-state index is 12.3. The fourth-order valence-electron chi connectivity index (χ4n) is 3.89. The molecular weight excluding hydrogens is 411 g/mol. The van der Waals surface area contributed by atoms with E-state index >= 15 is 0 Å². The van der Waals surface area contributed by atoms with E-state index in [2.05, 4.69) is 65.1 Å². The van der Waals surface area contributed by atoms with Crippen molar-refractivity contribution >= 4 is 45.5 Å². The number of imidazole rings is 1. The second kappa shape index (κ2) is 11.3. The van der Waals surface area contributed by atoms with Gasteiger partial charge >= 0.3 is 0 Å². The fourth-order valence-corrected chi connectivity index (χ4v) is 4.97. The van der Waals surface area contributed by atoms with Crippen LogP contribution >= 0.6 is 7.14 Å². The first-order valence-corrected chi connectivity index (χ1v) is 14.5. The second-order valence-corrected chi connectivity index (χ2v) is 10.9. The molecule has 0 fully saturated rings. The predicted octanol–water partition coefficient (Wildman–Crippen LogP) is 9.00. The average Bonchev–Trinajstić information content (AvgIpc) is 3.22. The third-order valence-corrected chi connectivity index (χ3v) is 6.01. The van der Waals surface area contributed by atoms with Gasteiger partial charge in [-0.3, -0.25) is 4.40 Å². The highest BCUT2D eigenvalue weighted by Crippen LogP contribution is 2.41. The molecule has 0 spiro atoms. The van der Waals surface area contributed by atoms with Crippen LogP contribution in [0.2, 0.25) is 0 Å². The van der Waals surface area contributed by atoms with Gasteiger partial charge in [0.2, 0.25) is 0 Å². The molecule has 170 valence electrons. The van der Waals surface area contributed by atoms with E-state index in [1.165, 1.54) is 10.8 Å². The summed E-state index contributed by atoms with van der Waals surface area (Å²) in [5.41, 5.74) is 5.37. The van der Waals surface area contributed by atoms with E-state index in [4.69, 9.17) is 4.98 Å². The molecule has 0 unspecified atom stereocenters. The van der Waals surface area contributed by atoms with Crippen molar-refractivity contribution in [1.29, 1.82) is 0 Å². The van der Waals surface area contributed by atoms with Gasteiger partial charge in [-0.25, -0.2) is 4.98 Å². The molecule has 5 aromatic rings. The topological polar surface area (TPSA) is 34.4 Å². The zero-order valence-electron chi connectivity index (χ0n) is 20.8. The van der Waals surface area contributed by atoms with E-state index in [0.29, 0.717) is 6.16 Å². The van der Waals surface area contributed by atoms with E-state index in [9.17, 15) is 4.57 Å². The average molecular weight is 449 g/mol. The Balaban J connectivity index is 0.000000561. The van der Waals surface area contributed by atoms with Gasteiger partial charge in [-0.05, 0) is 48.5 Å². The van der Waals surface area contributed by atoms with Crippen molar-refractivity contribution in [3.05, 3.63) is 72.3 Å². The van der Waals surface area contributed by atoms with Crippen molar-refractivity contribution in [2.24, 2.45) is 0 Å². The van der Waals surface area contributed by atoms with Crippen LogP contribution in [-0.2, 0) is 10.7 Å². The molecule has 0 aliphatic rings. The summed E-state index contributed by atoms with van der Waals surface area (Å²) in [7, 11) is -2.12. The Bertz CT molecular complexity index is 1360. The first kappa shape index (κ1) is 25.6. The Morgan fingerprint density at radius 1 is 0.719 bits per heavy atom. The molecule has 0 aliphatic heterocycles.